The Morgan fingerprint density at radius 3 is 2.35 bits per heavy atom. The SMILES string of the molecule is CCCN(CCC)C(C(N)=S)c1ccccc1[N+](=O)[O-]. The van der Waals surface area contributed by atoms with Gasteiger partial charge >= 0.3 is 0 Å². The van der Waals surface area contributed by atoms with Crippen molar-refractivity contribution in [3.63, 3.8) is 0 Å². The molecule has 1 unspecified atom stereocenters. The number of thiocarbonyl (C=S) groups is 1. The Kier molecular flexibility index (Phi) is 6.54. The number of hydrogen-bond acceptors (Lipinski definition) is 4. The highest BCUT2D eigenvalue weighted by Crippen LogP contribution is 2.29. The summed E-state index contributed by atoms with van der Waals surface area (Å²) in [6.07, 6.45) is 1.89. The molecule has 0 radical (unpaired) electrons. The molecule has 0 heterocycles. The van der Waals surface area contributed by atoms with Crippen molar-refractivity contribution >= 4 is 22.9 Å². The van der Waals surface area contributed by atoms with Crippen LogP contribution in [0.25, 0.3) is 0 Å². The van der Waals surface area contributed by atoms with E-state index in [2.05, 4.69) is 18.7 Å². The van der Waals surface area contributed by atoms with Crippen molar-refractivity contribution in [3.05, 3.63) is 39.9 Å². The van der Waals surface area contributed by atoms with Gasteiger partial charge in [-0.1, -0.05) is 44.3 Å². The molecule has 1 aromatic carbocycles. The van der Waals surface area contributed by atoms with Gasteiger partial charge in [0.1, 0.15) is 0 Å². The molecule has 6 heteroatoms. The van der Waals surface area contributed by atoms with Gasteiger partial charge in [-0.2, -0.15) is 0 Å². The lowest BCUT2D eigenvalue weighted by atomic mass is 10.0. The monoisotopic (exact) mass is 295 g/mol. The minimum absolute atomic E-state index is 0.0718. The fourth-order valence-electron chi connectivity index (χ4n) is 2.36. The Bertz CT molecular complexity index is 473. The summed E-state index contributed by atoms with van der Waals surface area (Å²) < 4.78 is 0. The number of benzene rings is 1. The van der Waals surface area contributed by atoms with Gasteiger partial charge in [0.2, 0.25) is 0 Å². The molecule has 20 heavy (non-hydrogen) atoms. The minimum Gasteiger partial charge on any atom is -0.392 e. The Morgan fingerprint density at radius 1 is 1.35 bits per heavy atom. The molecular weight excluding hydrogens is 274 g/mol. The van der Waals surface area contributed by atoms with Gasteiger partial charge in [0.05, 0.1) is 21.5 Å². The van der Waals surface area contributed by atoms with Gasteiger partial charge in [0.15, 0.2) is 0 Å². The molecule has 2 N–H and O–H groups in total. The maximum Gasteiger partial charge on any atom is 0.274 e. The van der Waals surface area contributed by atoms with Crippen LogP contribution >= 0.6 is 12.2 Å². The van der Waals surface area contributed by atoms with Crippen LogP contribution in [0, 0.1) is 10.1 Å². The molecule has 0 bridgehead atoms. The van der Waals surface area contributed by atoms with Gasteiger partial charge in [-0.3, -0.25) is 15.0 Å². The first-order valence-electron chi connectivity index (χ1n) is 6.79. The van der Waals surface area contributed by atoms with Gasteiger partial charge in [-0.15, -0.1) is 0 Å². The molecule has 0 aliphatic heterocycles. The molecule has 1 atom stereocenters. The van der Waals surface area contributed by atoms with Crippen LogP contribution in [0.1, 0.15) is 38.3 Å². The first-order chi connectivity index (χ1) is 9.52. The molecule has 0 saturated carbocycles. The van der Waals surface area contributed by atoms with E-state index in [4.69, 9.17) is 18.0 Å². The van der Waals surface area contributed by atoms with E-state index in [1.165, 1.54) is 6.07 Å². The molecule has 1 rings (SSSR count). The second-order valence-electron chi connectivity index (χ2n) is 4.66. The Balaban J connectivity index is 3.25. The highest BCUT2D eigenvalue weighted by molar-refractivity contribution is 7.80. The van der Waals surface area contributed by atoms with E-state index in [9.17, 15) is 10.1 Å². The highest BCUT2D eigenvalue weighted by Gasteiger charge is 2.28. The molecule has 0 aromatic heterocycles. The predicted octanol–water partition coefficient (Wildman–Crippen LogP) is 3.04. The number of nitro benzene ring substituents is 1. The molecule has 0 aliphatic carbocycles. The summed E-state index contributed by atoms with van der Waals surface area (Å²) in [6, 6.07) is 6.29. The number of rotatable bonds is 8. The maximum absolute atomic E-state index is 11.2. The predicted molar refractivity (Wildman–Crippen MR) is 84.8 cm³/mol. The van der Waals surface area contributed by atoms with Crippen molar-refractivity contribution in [1.82, 2.24) is 4.90 Å². The normalized spacial score (nSPS) is 12.3. The van der Waals surface area contributed by atoms with E-state index >= 15 is 0 Å². The topological polar surface area (TPSA) is 72.4 Å². The maximum atomic E-state index is 11.2. The van der Waals surface area contributed by atoms with E-state index in [1.54, 1.807) is 18.2 Å². The summed E-state index contributed by atoms with van der Waals surface area (Å²) >= 11 is 5.16. The van der Waals surface area contributed by atoms with Crippen LogP contribution < -0.4 is 5.73 Å². The van der Waals surface area contributed by atoms with Crippen LogP contribution in [0.15, 0.2) is 24.3 Å². The van der Waals surface area contributed by atoms with Crippen LogP contribution in [0.2, 0.25) is 0 Å². The quantitative estimate of drug-likeness (QED) is 0.453. The zero-order valence-corrected chi connectivity index (χ0v) is 12.7. The van der Waals surface area contributed by atoms with Crippen molar-refractivity contribution < 1.29 is 4.92 Å². The zero-order chi connectivity index (χ0) is 15.1. The fourth-order valence-corrected chi connectivity index (χ4v) is 2.64. The molecule has 110 valence electrons. The molecule has 0 saturated heterocycles. The lowest BCUT2D eigenvalue weighted by Crippen LogP contribution is -2.38. The molecule has 0 spiro atoms. The van der Waals surface area contributed by atoms with Crippen molar-refractivity contribution in [3.8, 4) is 0 Å². The summed E-state index contributed by atoms with van der Waals surface area (Å²) in [5.74, 6) is 0. The summed E-state index contributed by atoms with van der Waals surface area (Å²) in [5.41, 5.74) is 6.51. The Labute approximate surface area is 124 Å². The second-order valence-corrected chi connectivity index (χ2v) is 5.13. The van der Waals surface area contributed by atoms with Gasteiger partial charge in [0.25, 0.3) is 5.69 Å². The Hall–Kier alpha value is -1.53. The van der Waals surface area contributed by atoms with Crippen LogP contribution in [0.4, 0.5) is 5.69 Å². The van der Waals surface area contributed by atoms with Crippen molar-refractivity contribution in [1.29, 1.82) is 0 Å². The summed E-state index contributed by atoms with van der Waals surface area (Å²) in [7, 11) is 0. The van der Waals surface area contributed by atoms with Crippen molar-refractivity contribution in [2.45, 2.75) is 32.7 Å². The van der Waals surface area contributed by atoms with Gasteiger partial charge in [0, 0.05) is 6.07 Å². The first-order valence-corrected chi connectivity index (χ1v) is 7.20. The van der Waals surface area contributed by atoms with E-state index in [-0.39, 0.29) is 21.6 Å². The van der Waals surface area contributed by atoms with Crippen molar-refractivity contribution in [2.24, 2.45) is 5.73 Å². The largest absolute Gasteiger partial charge is 0.392 e. The molecule has 0 fully saturated rings. The number of hydrogen-bond donors (Lipinski definition) is 1. The third-order valence-electron chi connectivity index (χ3n) is 3.08. The first kappa shape index (κ1) is 16.5. The van der Waals surface area contributed by atoms with Crippen molar-refractivity contribution in [2.75, 3.05) is 13.1 Å². The minimum atomic E-state index is -0.383. The van der Waals surface area contributed by atoms with E-state index in [1.807, 2.05) is 0 Å². The highest BCUT2D eigenvalue weighted by atomic mass is 32.1. The summed E-state index contributed by atoms with van der Waals surface area (Å²) in [6.45, 7) is 5.75. The average molecular weight is 295 g/mol. The standard InChI is InChI=1S/C14H21N3O2S/c1-3-9-16(10-4-2)13(14(15)20)11-7-5-6-8-12(11)17(18)19/h5-8,13H,3-4,9-10H2,1-2H3,(H2,15,20). The van der Waals surface area contributed by atoms with Crippen LogP contribution in [-0.4, -0.2) is 27.9 Å². The molecule has 1 aromatic rings. The summed E-state index contributed by atoms with van der Waals surface area (Å²) in [5, 5.41) is 11.2. The smallest absolute Gasteiger partial charge is 0.274 e. The molecule has 0 aliphatic rings. The third kappa shape index (κ3) is 3.98. The fraction of sp³-hybridized carbons (Fsp3) is 0.500. The number of nitrogens with two attached hydrogens (primary N) is 1. The number of nitrogens with zero attached hydrogens (tertiary/aromatic N) is 2. The molecule has 0 amide bonds. The van der Waals surface area contributed by atoms with Crippen LogP contribution in [0.3, 0.4) is 0 Å². The third-order valence-corrected chi connectivity index (χ3v) is 3.31. The van der Waals surface area contributed by atoms with Gasteiger partial charge < -0.3 is 5.73 Å². The van der Waals surface area contributed by atoms with Gasteiger partial charge in [-0.05, 0) is 25.9 Å². The van der Waals surface area contributed by atoms with E-state index in [0.29, 0.717) is 5.56 Å². The van der Waals surface area contributed by atoms with E-state index in [0.717, 1.165) is 25.9 Å². The van der Waals surface area contributed by atoms with Gasteiger partial charge in [-0.25, -0.2) is 0 Å². The summed E-state index contributed by atoms with van der Waals surface area (Å²) in [4.78, 5) is 13.2. The number of para-hydroxylation sites is 1. The van der Waals surface area contributed by atoms with Crippen LogP contribution in [-0.2, 0) is 0 Å². The lowest BCUT2D eigenvalue weighted by Gasteiger charge is -2.30. The molecule has 5 nitrogen and oxygen atoms in total. The van der Waals surface area contributed by atoms with E-state index < -0.39 is 0 Å². The second kappa shape index (κ2) is 7.91. The number of nitro groups is 1. The van der Waals surface area contributed by atoms with Crippen LogP contribution in [0.5, 0.6) is 0 Å². The Morgan fingerprint density at radius 2 is 1.90 bits per heavy atom. The molecular formula is C14H21N3O2S. The average Bonchev–Trinajstić information content (AvgIpc) is 2.39. The lowest BCUT2D eigenvalue weighted by molar-refractivity contribution is -0.385. The zero-order valence-electron chi connectivity index (χ0n) is 11.9.